The molecule has 4 aliphatic rings. The molecule has 0 aromatic carbocycles. The van der Waals surface area contributed by atoms with Crippen molar-refractivity contribution in [3.8, 4) is 0 Å². The monoisotopic (exact) mass is 368 g/mol. The molecule has 2 aromatic heterocycles. The minimum absolute atomic E-state index is 0.0537. The van der Waals surface area contributed by atoms with Crippen molar-refractivity contribution in [2.45, 2.75) is 58.5 Å². The van der Waals surface area contributed by atoms with Crippen LogP contribution in [0.5, 0.6) is 0 Å². The van der Waals surface area contributed by atoms with Crippen molar-refractivity contribution in [1.82, 2.24) is 19.6 Å². The second-order valence-electron chi connectivity index (χ2n) is 8.84. The molecule has 0 unspecified atom stereocenters. The highest BCUT2D eigenvalue weighted by Gasteiger charge is 2.55. The molecule has 0 saturated heterocycles. The standard InChI is InChI=1S/C20H24N4O3/c1-11-3-4-21-19-22-17(23-24(11)19)18(26)27-12(2)16(25)20-8-13-5-14(9-20)7-15(6-13)10-20/h3-4,12-15H,5-10H2,1-2H3/t12-,13?,14?,15?,20?/m0/s1. The zero-order valence-corrected chi connectivity index (χ0v) is 15.7. The van der Waals surface area contributed by atoms with Crippen LogP contribution >= 0.6 is 0 Å². The van der Waals surface area contributed by atoms with Crippen molar-refractivity contribution < 1.29 is 14.3 Å². The molecule has 142 valence electrons. The van der Waals surface area contributed by atoms with Gasteiger partial charge in [-0.2, -0.15) is 4.98 Å². The Kier molecular flexibility index (Phi) is 3.64. The molecule has 0 amide bonds. The Hall–Kier alpha value is -2.31. The molecule has 0 aliphatic heterocycles. The number of aromatic nitrogens is 4. The summed E-state index contributed by atoms with van der Waals surface area (Å²) in [6.45, 7) is 3.55. The molecule has 2 heterocycles. The van der Waals surface area contributed by atoms with Crippen LogP contribution in [0, 0.1) is 30.1 Å². The lowest BCUT2D eigenvalue weighted by molar-refractivity contribution is -0.152. The molecule has 0 N–H and O–H groups in total. The maximum atomic E-state index is 13.3. The van der Waals surface area contributed by atoms with Gasteiger partial charge in [0.1, 0.15) is 0 Å². The van der Waals surface area contributed by atoms with Gasteiger partial charge in [-0.05, 0) is 76.2 Å². The number of ether oxygens (including phenoxy) is 1. The number of carbonyl (C=O) groups is 2. The molecule has 7 heteroatoms. The van der Waals surface area contributed by atoms with E-state index in [1.54, 1.807) is 19.2 Å². The smallest absolute Gasteiger partial charge is 0.379 e. The number of Topliss-reactive ketones (excluding diaryl/α,β-unsaturated/α-hetero) is 1. The van der Waals surface area contributed by atoms with E-state index in [0.717, 1.165) is 25.0 Å². The highest BCUT2D eigenvalue weighted by molar-refractivity contribution is 5.93. The van der Waals surface area contributed by atoms with Crippen LogP contribution in [-0.2, 0) is 9.53 Å². The van der Waals surface area contributed by atoms with E-state index in [0.29, 0.717) is 23.5 Å². The van der Waals surface area contributed by atoms with Crippen molar-refractivity contribution in [2.75, 3.05) is 0 Å². The number of aryl methyl sites for hydroxylation is 1. The number of hydrogen-bond acceptors (Lipinski definition) is 6. The van der Waals surface area contributed by atoms with Gasteiger partial charge in [0.15, 0.2) is 11.9 Å². The van der Waals surface area contributed by atoms with Crippen LogP contribution in [0.3, 0.4) is 0 Å². The number of fused-ring (bicyclic) bond motifs is 1. The minimum Gasteiger partial charge on any atom is -0.449 e. The summed E-state index contributed by atoms with van der Waals surface area (Å²) in [5, 5.41) is 4.17. The molecule has 0 spiro atoms. The summed E-state index contributed by atoms with van der Waals surface area (Å²) in [4.78, 5) is 34.0. The molecular formula is C20H24N4O3. The zero-order valence-electron chi connectivity index (χ0n) is 15.7. The van der Waals surface area contributed by atoms with Gasteiger partial charge >= 0.3 is 5.97 Å². The van der Waals surface area contributed by atoms with E-state index in [-0.39, 0.29) is 17.0 Å². The topological polar surface area (TPSA) is 86.5 Å². The largest absolute Gasteiger partial charge is 0.449 e. The lowest BCUT2D eigenvalue weighted by atomic mass is 9.48. The summed E-state index contributed by atoms with van der Waals surface area (Å²) in [6, 6.07) is 1.79. The van der Waals surface area contributed by atoms with Crippen LogP contribution in [0.4, 0.5) is 0 Å². The average molecular weight is 368 g/mol. The van der Waals surface area contributed by atoms with E-state index >= 15 is 0 Å². The first kappa shape index (κ1) is 16.8. The Bertz CT molecular complexity index is 899. The van der Waals surface area contributed by atoms with Crippen molar-refractivity contribution in [2.24, 2.45) is 23.2 Å². The van der Waals surface area contributed by atoms with Crippen molar-refractivity contribution in [3.05, 3.63) is 23.8 Å². The Morgan fingerprint density at radius 1 is 1.19 bits per heavy atom. The van der Waals surface area contributed by atoms with E-state index in [1.165, 1.54) is 23.8 Å². The molecule has 4 aliphatic carbocycles. The summed E-state index contributed by atoms with van der Waals surface area (Å²) < 4.78 is 7.00. The third kappa shape index (κ3) is 2.66. The SMILES string of the molecule is Cc1ccnc2nc(C(=O)O[C@@H](C)C(=O)C34CC5CC(CC(C5)C3)C4)nn12. The van der Waals surface area contributed by atoms with Gasteiger partial charge in [-0.3, -0.25) is 4.79 Å². The molecular weight excluding hydrogens is 344 g/mol. The van der Waals surface area contributed by atoms with Gasteiger partial charge in [0.25, 0.3) is 11.6 Å². The van der Waals surface area contributed by atoms with Crippen LogP contribution < -0.4 is 0 Å². The maximum Gasteiger partial charge on any atom is 0.379 e. The lowest BCUT2D eigenvalue weighted by Crippen LogP contribution is -2.52. The van der Waals surface area contributed by atoms with Crippen LogP contribution in [0.25, 0.3) is 5.78 Å². The maximum absolute atomic E-state index is 13.3. The summed E-state index contributed by atoms with van der Waals surface area (Å²) in [6.07, 6.45) is 7.58. The number of hydrogen-bond donors (Lipinski definition) is 0. The van der Waals surface area contributed by atoms with Gasteiger partial charge < -0.3 is 4.74 Å². The lowest BCUT2D eigenvalue weighted by Gasteiger charge is -2.56. The predicted octanol–water partition coefficient (Wildman–Crippen LogP) is 2.76. The normalized spacial score (nSPS) is 32.6. The number of nitrogens with zero attached hydrogens (tertiary/aromatic N) is 4. The Balaban J connectivity index is 1.33. The first-order valence-electron chi connectivity index (χ1n) is 9.87. The Morgan fingerprint density at radius 3 is 2.41 bits per heavy atom. The molecule has 0 radical (unpaired) electrons. The van der Waals surface area contributed by atoms with E-state index in [2.05, 4.69) is 15.1 Å². The highest BCUT2D eigenvalue weighted by Crippen LogP contribution is 2.60. The van der Waals surface area contributed by atoms with Gasteiger partial charge in [-0.1, -0.05) is 0 Å². The van der Waals surface area contributed by atoms with Gasteiger partial charge in [-0.15, -0.1) is 5.10 Å². The van der Waals surface area contributed by atoms with Crippen LogP contribution in [-0.4, -0.2) is 37.4 Å². The fourth-order valence-electron chi connectivity index (χ4n) is 6.10. The first-order chi connectivity index (χ1) is 12.9. The fraction of sp³-hybridized carbons (Fsp3) is 0.650. The zero-order chi connectivity index (χ0) is 18.8. The minimum atomic E-state index is -0.769. The number of ketones is 1. The van der Waals surface area contributed by atoms with E-state index < -0.39 is 12.1 Å². The highest BCUT2D eigenvalue weighted by atomic mass is 16.5. The first-order valence-corrected chi connectivity index (χ1v) is 9.87. The van der Waals surface area contributed by atoms with E-state index in [1.807, 2.05) is 6.92 Å². The average Bonchev–Trinajstić information content (AvgIpc) is 3.06. The molecule has 7 nitrogen and oxygen atoms in total. The Morgan fingerprint density at radius 2 is 1.81 bits per heavy atom. The molecule has 4 fully saturated rings. The van der Waals surface area contributed by atoms with Crippen LogP contribution in [0.15, 0.2) is 12.3 Å². The molecule has 4 saturated carbocycles. The molecule has 1 atom stereocenters. The summed E-state index contributed by atoms with van der Waals surface area (Å²) in [5.41, 5.74) is 0.545. The van der Waals surface area contributed by atoms with Gasteiger partial charge in [0.05, 0.1) is 0 Å². The second kappa shape index (κ2) is 5.84. The molecule has 2 aromatic rings. The van der Waals surface area contributed by atoms with Crippen molar-refractivity contribution in [1.29, 1.82) is 0 Å². The fourth-order valence-corrected chi connectivity index (χ4v) is 6.10. The third-order valence-electron chi connectivity index (χ3n) is 6.83. The van der Waals surface area contributed by atoms with E-state index in [4.69, 9.17) is 4.74 Å². The number of esters is 1. The van der Waals surface area contributed by atoms with E-state index in [9.17, 15) is 9.59 Å². The summed E-state index contributed by atoms with van der Waals surface area (Å²) >= 11 is 0. The molecule has 6 rings (SSSR count). The van der Waals surface area contributed by atoms with Gasteiger partial charge in [0.2, 0.25) is 0 Å². The third-order valence-corrected chi connectivity index (χ3v) is 6.83. The summed E-state index contributed by atoms with van der Waals surface area (Å²) in [5.74, 6) is 1.76. The van der Waals surface area contributed by atoms with Crippen LogP contribution in [0.2, 0.25) is 0 Å². The van der Waals surface area contributed by atoms with Crippen molar-refractivity contribution >= 4 is 17.5 Å². The summed E-state index contributed by atoms with van der Waals surface area (Å²) in [7, 11) is 0. The van der Waals surface area contributed by atoms with Crippen molar-refractivity contribution in [3.63, 3.8) is 0 Å². The van der Waals surface area contributed by atoms with Gasteiger partial charge in [0, 0.05) is 17.3 Å². The predicted molar refractivity (Wildman–Crippen MR) is 96.0 cm³/mol. The molecule has 4 bridgehead atoms. The molecule has 27 heavy (non-hydrogen) atoms. The second-order valence-corrected chi connectivity index (χ2v) is 8.84. The Labute approximate surface area is 157 Å². The number of rotatable bonds is 4. The van der Waals surface area contributed by atoms with Crippen LogP contribution in [0.1, 0.15) is 61.8 Å². The van der Waals surface area contributed by atoms with Gasteiger partial charge in [-0.25, -0.2) is 14.3 Å². The number of carbonyl (C=O) groups excluding carboxylic acids is 2. The quantitative estimate of drug-likeness (QED) is 0.771.